The minimum Gasteiger partial charge on any atom is -0.493 e. The molecule has 0 radical (unpaired) electrons. The lowest BCUT2D eigenvalue weighted by molar-refractivity contribution is -0.216. The minimum absolute atomic E-state index is 0.0949. The number of hydrogen-bond acceptors (Lipinski definition) is 4. The van der Waals surface area contributed by atoms with Crippen molar-refractivity contribution in [2.24, 2.45) is 0 Å². The van der Waals surface area contributed by atoms with Gasteiger partial charge in [-0.05, 0) is 42.5 Å². The van der Waals surface area contributed by atoms with Gasteiger partial charge in [-0.1, -0.05) is 19.3 Å². The van der Waals surface area contributed by atoms with E-state index in [1.165, 1.54) is 43.2 Å². The Morgan fingerprint density at radius 2 is 1.82 bits per heavy atom. The summed E-state index contributed by atoms with van der Waals surface area (Å²) in [6, 6.07) is 4.69. The van der Waals surface area contributed by atoms with E-state index < -0.39 is 0 Å². The Kier molecular flexibility index (Phi) is 3.54. The first kappa shape index (κ1) is 14.3. The van der Waals surface area contributed by atoms with Crippen molar-refractivity contribution in [1.29, 1.82) is 0 Å². The maximum absolute atomic E-state index is 6.44. The molecule has 1 atom stereocenters. The number of fused-ring (bicyclic) bond motifs is 3. The molecule has 0 bridgehead atoms. The largest absolute Gasteiger partial charge is 0.493 e. The van der Waals surface area contributed by atoms with Crippen LogP contribution in [0, 0.1) is 0 Å². The van der Waals surface area contributed by atoms with Crippen molar-refractivity contribution in [3.05, 3.63) is 23.3 Å². The molecule has 1 aromatic rings. The molecule has 4 heteroatoms. The van der Waals surface area contributed by atoms with Crippen molar-refractivity contribution in [1.82, 2.24) is 5.06 Å². The van der Waals surface area contributed by atoms with Crippen LogP contribution >= 0.6 is 0 Å². The molecule has 2 aliphatic heterocycles. The van der Waals surface area contributed by atoms with E-state index in [-0.39, 0.29) is 5.60 Å². The lowest BCUT2D eigenvalue weighted by Crippen LogP contribution is -2.34. The van der Waals surface area contributed by atoms with Crippen molar-refractivity contribution < 1.29 is 14.3 Å². The second kappa shape index (κ2) is 5.43. The summed E-state index contributed by atoms with van der Waals surface area (Å²) >= 11 is 0. The highest BCUT2D eigenvalue weighted by molar-refractivity contribution is 5.49. The van der Waals surface area contributed by atoms with E-state index >= 15 is 0 Å². The fourth-order valence-corrected chi connectivity index (χ4v) is 4.46. The number of rotatable bonds is 2. The van der Waals surface area contributed by atoms with Gasteiger partial charge < -0.3 is 9.47 Å². The molecule has 0 N–H and O–H groups in total. The number of nitrogens with zero attached hydrogens (tertiary/aromatic N) is 1. The Labute approximate surface area is 132 Å². The Morgan fingerprint density at radius 3 is 2.55 bits per heavy atom. The summed E-state index contributed by atoms with van der Waals surface area (Å²) in [5, 5.41) is 2.24. The molecule has 0 amide bonds. The summed E-state index contributed by atoms with van der Waals surface area (Å²) in [4.78, 5) is 6.44. The zero-order valence-corrected chi connectivity index (χ0v) is 13.6. The first-order valence-electron chi connectivity index (χ1n) is 8.45. The average Bonchev–Trinajstić information content (AvgIpc) is 2.92. The molecule has 1 unspecified atom stereocenters. The summed E-state index contributed by atoms with van der Waals surface area (Å²) in [6.07, 6.45) is 8.53. The lowest BCUT2D eigenvalue weighted by atomic mass is 9.79. The van der Waals surface area contributed by atoms with Gasteiger partial charge in [0.25, 0.3) is 0 Å². The first-order chi connectivity index (χ1) is 10.7. The molecule has 1 saturated heterocycles. The van der Waals surface area contributed by atoms with E-state index in [1.54, 1.807) is 14.2 Å². The van der Waals surface area contributed by atoms with Gasteiger partial charge in [-0.3, -0.25) is 4.84 Å². The first-order valence-corrected chi connectivity index (χ1v) is 8.45. The van der Waals surface area contributed by atoms with Gasteiger partial charge in [-0.2, -0.15) is 5.06 Å². The Morgan fingerprint density at radius 1 is 1.09 bits per heavy atom. The maximum Gasteiger partial charge on any atom is 0.161 e. The van der Waals surface area contributed by atoms with Crippen molar-refractivity contribution >= 4 is 0 Å². The molecular weight excluding hydrogens is 278 g/mol. The molecule has 22 heavy (non-hydrogen) atoms. The van der Waals surface area contributed by atoms with E-state index in [1.807, 2.05) is 0 Å². The van der Waals surface area contributed by atoms with Crippen LogP contribution in [0.25, 0.3) is 0 Å². The number of hydrogen-bond donors (Lipinski definition) is 0. The Bertz CT molecular complexity index is 566. The van der Waals surface area contributed by atoms with Gasteiger partial charge >= 0.3 is 0 Å². The Balaban J connectivity index is 1.68. The molecule has 2 fully saturated rings. The van der Waals surface area contributed by atoms with Gasteiger partial charge in [-0.25, -0.2) is 0 Å². The third kappa shape index (κ3) is 2.20. The maximum atomic E-state index is 6.44. The van der Waals surface area contributed by atoms with Gasteiger partial charge in [0, 0.05) is 13.0 Å². The molecule has 1 aliphatic carbocycles. The Hall–Kier alpha value is -1.26. The number of ether oxygens (including phenoxy) is 2. The monoisotopic (exact) mass is 303 g/mol. The molecule has 4 rings (SSSR count). The standard InChI is InChI=1S/C18H25NO3/c1-20-16-10-13-6-9-19-15(14(13)11-17(16)21-2)12-18(22-19)7-4-3-5-8-18/h10-11,15H,3-9,12H2,1-2H3. The van der Waals surface area contributed by atoms with Crippen LogP contribution in [-0.2, 0) is 11.3 Å². The normalized spacial score (nSPS) is 26.5. The topological polar surface area (TPSA) is 30.9 Å². The third-order valence-electron chi connectivity index (χ3n) is 5.59. The van der Waals surface area contributed by atoms with Crippen LogP contribution in [0.3, 0.4) is 0 Å². The molecule has 1 saturated carbocycles. The smallest absolute Gasteiger partial charge is 0.161 e. The molecule has 4 nitrogen and oxygen atoms in total. The average molecular weight is 303 g/mol. The van der Waals surface area contributed by atoms with E-state index in [4.69, 9.17) is 14.3 Å². The number of benzene rings is 1. The van der Waals surface area contributed by atoms with Crippen LogP contribution in [0.5, 0.6) is 11.5 Å². The van der Waals surface area contributed by atoms with Crippen LogP contribution in [0.2, 0.25) is 0 Å². The fourth-order valence-electron chi connectivity index (χ4n) is 4.46. The number of methoxy groups -OCH3 is 2. The third-order valence-corrected chi connectivity index (χ3v) is 5.59. The van der Waals surface area contributed by atoms with Gasteiger partial charge in [0.1, 0.15) is 0 Å². The van der Waals surface area contributed by atoms with E-state index in [0.717, 1.165) is 30.9 Å². The van der Waals surface area contributed by atoms with Crippen molar-refractivity contribution in [2.45, 2.75) is 56.6 Å². The second-order valence-corrected chi connectivity index (χ2v) is 6.85. The highest BCUT2D eigenvalue weighted by Crippen LogP contribution is 2.51. The van der Waals surface area contributed by atoms with E-state index in [9.17, 15) is 0 Å². The van der Waals surface area contributed by atoms with Gasteiger partial charge in [0.05, 0.1) is 25.9 Å². The van der Waals surface area contributed by atoms with Gasteiger partial charge in [0.2, 0.25) is 0 Å². The molecule has 3 aliphatic rings. The van der Waals surface area contributed by atoms with Gasteiger partial charge in [-0.15, -0.1) is 0 Å². The fraction of sp³-hybridized carbons (Fsp3) is 0.667. The van der Waals surface area contributed by atoms with Crippen molar-refractivity contribution in [3.63, 3.8) is 0 Å². The zero-order chi connectivity index (χ0) is 15.2. The quantitative estimate of drug-likeness (QED) is 0.834. The zero-order valence-electron chi connectivity index (χ0n) is 13.6. The molecule has 120 valence electrons. The summed E-state index contributed by atoms with van der Waals surface area (Å²) in [5.41, 5.74) is 2.85. The summed E-state index contributed by atoms with van der Waals surface area (Å²) in [5.74, 6) is 1.66. The summed E-state index contributed by atoms with van der Waals surface area (Å²) < 4.78 is 11.0. The molecule has 0 aromatic heterocycles. The van der Waals surface area contributed by atoms with Crippen LogP contribution in [0.15, 0.2) is 12.1 Å². The summed E-state index contributed by atoms with van der Waals surface area (Å²) in [7, 11) is 3.41. The van der Waals surface area contributed by atoms with Crippen LogP contribution in [0.4, 0.5) is 0 Å². The summed E-state index contributed by atoms with van der Waals surface area (Å²) in [6.45, 7) is 0.981. The molecular formula is C18H25NO3. The minimum atomic E-state index is 0.0949. The molecule has 2 heterocycles. The highest BCUT2D eigenvalue weighted by Gasteiger charge is 2.48. The van der Waals surface area contributed by atoms with Crippen LogP contribution in [-0.4, -0.2) is 31.4 Å². The second-order valence-electron chi connectivity index (χ2n) is 6.85. The predicted octanol–water partition coefficient (Wildman–Crippen LogP) is 3.64. The van der Waals surface area contributed by atoms with Crippen LogP contribution in [0.1, 0.15) is 55.7 Å². The SMILES string of the molecule is COc1cc2c(cc1OC)C1CC3(CCCCC3)ON1CC2. The highest BCUT2D eigenvalue weighted by atomic mass is 16.7. The van der Waals surface area contributed by atoms with Crippen LogP contribution < -0.4 is 9.47 Å². The molecule has 1 spiro atoms. The number of hydroxylamine groups is 2. The van der Waals surface area contributed by atoms with E-state index in [2.05, 4.69) is 17.2 Å². The molecule has 1 aromatic carbocycles. The predicted molar refractivity (Wildman–Crippen MR) is 84.2 cm³/mol. The van der Waals surface area contributed by atoms with E-state index in [0.29, 0.717) is 6.04 Å². The lowest BCUT2D eigenvalue weighted by Gasteiger charge is -2.33. The van der Waals surface area contributed by atoms with Crippen molar-refractivity contribution in [2.75, 3.05) is 20.8 Å². The van der Waals surface area contributed by atoms with Crippen molar-refractivity contribution in [3.8, 4) is 11.5 Å². The van der Waals surface area contributed by atoms with Gasteiger partial charge in [0.15, 0.2) is 11.5 Å².